The predicted molar refractivity (Wildman–Crippen MR) is 107 cm³/mol. The second kappa shape index (κ2) is 8.94. The zero-order valence-corrected chi connectivity index (χ0v) is 16.5. The van der Waals surface area contributed by atoms with E-state index in [9.17, 15) is 4.79 Å². The molecule has 4 heteroatoms. The van der Waals surface area contributed by atoms with Crippen LogP contribution in [0.3, 0.4) is 0 Å². The molecule has 0 N–H and O–H groups in total. The Morgan fingerprint density at radius 2 is 1.67 bits per heavy atom. The molecule has 0 aliphatic carbocycles. The van der Waals surface area contributed by atoms with E-state index in [1.807, 2.05) is 24.0 Å². The molecule has 0 saturated carbocycles. The summed E-state index contributed by atoms with van der Waals surface area (Å²) >= 11 is 0. The second-order valence-corrected chi connectivity index (χ2v) is 7.32. The third-order valence-electron chi connectivity index (χ3n) is 5.52. The first-order chi connectivity index (χ1) is 13.1. The van der Waals surface area contributed by atoms with Gasteiger partial charge in [-0.25, -0.2) is 0 Å². The van der Waals surface area contributed by atoms with Crippen LogP contribution < -0.4 is 9.47 Å². The normalized spacial score (nSPS) is 14.9. The van der Waals surface area contributed by atoms with Gasteiger partial charge in [-0.15, -0.1) is 0 Å². The van der Waals surface area contributed by atoms with Gasteiger partial charge in [0, 0.05) is 13.1 Å². The number of likely N-dealkylation sites (tertiary alicyclic amines) is 1. The maximum absolute atomic E-state index is 12.8. The van der Waals surface area contributed by atoms with Crippen LogP contribution in [-0.2, 0) is 17.6 Å². The van der Waals surface area contributed by atoms with E-state index < -0.39 is 0 Å². The number of benzene rings is 2. The lowest BCUT2D eigenvalue weighted by Crippen LogP contribution is -2.39. The Balaban J connectivity index is 1.57. The average molecular weight is 367 g/mol. The third-order valence-corrected chi connectivity index (χ3v) is 5.52. The van der Waals surface area contributed by atoms with Crippen molar-refractivity contribution in [3.63, 3.8) is 0 Å². The molecule has 0 radical (unpaired) electrons. The van der Waals surface area contributed by atoms with E-state index in [0.29, 0.717) is 23.8 Å². The van der Waals surface area contributed by atoms with Gasteiger partial charge in [-0.2, -0.15) is 0 Å². The molecule has 1 heterocycles. The van der Waals surface area contributed by atoms with Gasteiger partial charge in [0.15, 0.2) is 11.5 Å². The van der Waals surface area contributed by atoms with Gasteiger partial charge in [0.2, 0.25) is 5.91 Å². The molecule has 3 rings (SSSR count). The summed E-state index contributed by atoms with van der Waals surface area (Å²) in [5.41, 5.74) is 3.45. The number of amides is 1. The van der Waals surface area contributed by atoms with Crippen LogP contribution in [-0.4, -0.2) is 38.1 Å². The molecule has 0 spiro atoms. The molecule has 144 valence electrons. The summed E-state index contributed by atoms with van der Waals surface area (Å²) in [7, 11) is 3.25. The minimum absolute atomic E-state index is 0.198. The van der Waals surface area contributed by atoms with E-state index in [-0.39, 0.29) is 5.91 Å². The summed E-state index contributed by atoms with van der Waals surface area (Å²) in [6.07, 6.45) is 3.67. The van der Waals surface area contributed by atoms with Crippen LogP contribution in [0, 0.1) is 12.8 Å². The van der Waals surface area contributed by atoms with Crippen LogP contribution in [0.25, 0.3) is 0 Å². The molecule has 2 aromatic rings. The highest BCUT2D eigenvalue weighted by atomic mass is 16.5. The first-order valence-electron chi connectivity index (χ1n) is 9.64. The highest BCUT2D eigenvalue weighted by Crippen LogP contribution is 2.31. The average Bonchev–Trinajstić information content (AvgIpc) is 2.70. The number of hydrogen-bond donors (Lipinski definition) is 0. The second-order valence-electron chi connectivity index (χ2n) is 7.32. The van der Waals surface area contributed by atoms with E-state index in [2.05, 4.69) is 30.3 Å². The summed E-state index contributed by atoms with van der Waals surface area (Å²) in [5, 5.41) is 0. The molecule has 0 unspecified atom stereocenters. The quantitative estimate of drug-likeness (QED) is 0.774. The lowest BCUT2D eigenvalue weighted by Gasteiger charge is -2.32. The minimum Gasteiger partial charge on any atom is -0.493 e. The number of piperidine rings is 1. The molecule has 1 fully saturated rings. The Morgan fingerprint density at radius 1 is 1.04 bits per heavy atom. The molecule has 0 atom stereocenters. The maximum atomic E-state index is 12.8. The van der Waals surface area contributed by atoms with Crippen molar-refractivity contribution in [3.8, 4) is 11.5 Å². The molecule has 0 bridgehead atoms. The van der Waals surface area contributed by atoms with Crippen molar-refractivity contribution in [2.24, 2.45) is 5.92 Å². The van der Waals surface area contributed by atoms with E-state index in [4.69, 9.17) is 9.47 Å². The van der Waals surface area contributed by atoms with Crippen molar-refractivity contribution in [1.82, 2.24) is 4.90 Å². The Bertz CT molecular complexity index is 765. The minimum atomic E-state index is 0.198. The summed E-state index contributed by atoms with van der Waals surface area (Å²) in [4.78, 5) is 14.8. The summed E-state index contributed by atoms with van der Waals surface area (Å²) in [6, 6.07) is 14.5. The van der Waals surface area contributed by atoms with Crippen molar-refractivity contribution in [3.05, 3.63) is 59.2 Å². The molecule has 0 aromatic heterocycles. The molecular weight excluding hydrogens is 338 g/mol. The van der Waals surface area contributed by atoms with Crippen molar-refractivity contribution >= 4 is 5.91 Å². The highest BCUT2D eigenvalue weighted by Gasteiger charge is 2.23. The standard InChI is InChI=1S/C23H29NO3/c1-17-13-21(26-2)22(27-3)15-20(17)16-23(25)24-11-9-19(10-12-24)14-18-7-5-4-6-8-18/h4-8,13,15,19H,9-12,14,16H2,1-3H3. The highest BCUT2D eigenvalue weighted by molar-refractivity contribution is 5.79. The fourth-order valence-electron chi connectivity index (χ4n) is 3.82. The van der Waals surface area contributed by atoms with E-state index in [1.54, 1.807) is 14.2 Å². The van der Waals surface area contributed by atoms with Crippen LogP contribution >= 0.6 is 0 Å². The van der Waals surface area contributed by atoms with Crippen LogP contribution in [0.4, 0.5) is 0 Å². The topological polar surface area (TPSA) is 38.8 Å². The van der Waals surface area contributed by atoms with Crippen LogP contribution in [0.15, 0.2) is 42.5 Å². The van der Waals surface area contributed by atoms with E-state index in [0.717, 1.165) is 43.5 Å². The lowest BCUT2D eigenvalue weighted by atomic mass is 9.90. The van der Waals surface area contributed by atoms with Gasteiger partial charge in [0.1, 0.15) is 0 Å². The smallest absolute Gasteiger partial charge is 0.227 e. The van der Waals surface area contributed by atoms with Gasteiger partial charge in [0.25, 0.3) is 0 Å². The van der Waals surface area contributed by atoms with Gasteiger partial charge < -0.3 is 14.4 Å². The first-order valence-corrected chi connectivity index (χ1v) is 9.64. The number of aryl methyl sites for hydroxylation is 1. The molecule has 1 aliphatic heterocycles. The molecule has 4 nitrogen and oxygen atoms in total. The van der Waals surface area contributed by atoms with Crippen molar-refractivity contribution in [2.75, 3.05) is 27.3 Å². The maximum Gasteiger partial charge on any atom is 0.227 e. The number of nitrogens with zero attached hydrogens (tertiary/aromatic N) is 1. The van der Waals surface area contributed by atoms with Gasteiger partial charge in [-0.3, -0.25) is 4.79 Å². The van der Waals surface area contributed by atoms with Gasteiger partial charge in [0.05, 0.1) is 20.6 Å². The fourth-order valence-corrected chi connectivity index (χ4v) is 3.82. The Morgan fingerprint density at radius 3 is 2.30 bits per heavy atom. The molecule has 1 aliphatic rings. The SMILES string of the molecule is COc1cc(C)c(CC(=O)N2CCC(Cc3ccccc3)CC2)cc1OC. The Hall–Kier alpha value is -2.49. The largest absolute Gasteiger partial charge is 0.493 e. The Labute approximate surface area is 162 Å². The first kappa shape index (κ1) is 19.3. The zero-order valence-electron chi connectivity index (χ0n) is 16.5. The number of hydrogen-bond acceptors (Lipinski definition) is 3. The van der Waals surface area contributed by atoms with Gasteiger partial charge >= 0.3 is 0 Å². The predicted octanol–water partition coefficient (Wildman–Crippen LogP) is 4.04. The van der Waals surface area contributed by atoms with Crippen LogP contribution in [0.5, 0.6) is 11.5 Å². The van der Waals surface area contributed by atoms with Gasteiger partial charge in [-0.1, -0.05) is 30.3 Å². The van der Waals surface area contributed by atoms with Crippen molar-refractivity contribution in [1.29, 1.82) is 0 Å². The number of rotatable bonds is 6. The summed E-state index contributed by atoms with van der Waals surface area (Å²) in [6.45, 7) is 3.71. The molecular formula is C23H29NO3. The number of ether oxygens (including phenoxy) is 2. The summed E-state index contributed by atoms with van der Waals surface area (Å²) in [5.74, 6) is 2.24. The summed E-state index contributed by atoms with van der Waals surface area (Å²) < 4.78 is 10.7. The molecule has 27 heavy (non-hydrogen) atoms. The molecule has 1 saturated heterocycles. The Kier molecular flexibility index (Phi) is 6.38. The van der Waals surface area contributed by atoms with Gasteiger partial charge in [-0.05, 0) is 60.9 Å². The van der Waals surface area contributed by atoms with Crippen LogP contribution in [0.2, 0.25) is 0 Å². The molecule has 1 amide bonds. The van der Waals surface area contributed by atoms with E-state index in [1.165, 1.54) is 5.56 Å². The van der Waals surface area contributed by atoms with E-state index >= 15 is 0 Å². The molecule has 2 aromatic carbocycles. The van der Waals surface area contributed by atoms with Crippen molar-refractivity contribution in [2.45, 2.75) is 32.6 Å². The fraction of sp³-hybridized carbons (Fsp3) is 0.435. The number of methoxy groups -OCH3 is 2. The third kappa shape index (κ3) is 4.82. The lowest BCUT2D eigenvalue weighted by molar-refractivity contribution is -0.131. The van der Waals surface area contributed by atoms with Crippen LogP contribution in [0.1, 0.15) is 29.5 Å². The number of carbonyl (C=O) groups excluding carboxylic acids is 1. The van der Waals surface area contributed by atoms with Crippen molar-refractivity contribution < 1.29 is 14.3 Å². The zero-order chi connectivity index (χ0) is 19.2. The number of carbonyl (C=O) groups is 1. The monoisotopic (exact) mass is 367 g/mol.